The summed E-state index contributed by atoms with van der Waals surface area (Å²) in [4.78, 5) is 21.6. The number of benzene rings is 1. The van der Waals surface area contributed by atoms with Crippen LogP contribution in [0.2, 0.25) is 0 Å². The minimum absolute atomic E-state index is 0. The molecule has 0 fully saturated rings. The fourth-order valence-electron chi connectivity index (χ4n) is 1.25. The van der Waals surface area contributed by atoms with E-state index in [1.807, 2.05) is 30.3 Å². The van der Waals surface area contributed by atoms with Crippen molar-refractivity contribution < 1.29 is 50.6 Å². The van der Waals surface area contributed by atoms with Gasteiger partial charge in [0.25, 0.3) is 0 Å². The number of nitrogens with one attached hydrogen (secondary N) is 1. The predicted molar refractivity (Wildman–Crippen MR) is 69.6 cm³/mol. The molecular weight excluding hydrogens is 322 g/mol. The monoisotopic (exact) mass is 340 g/mol. The smallest absolute Gasteiger partial charge is 0.322 e. The van der Waals surface area contributed by atoms with E-state index in [2.05, 4.69) is 5.32 Å². The summed E-state index contributed by atoms with van der Waals surface area (Å²) in [6, 6.07) is 8.60. The number of hydrogen-bond acceptors (Lipinski definition) is 3. The molecule has 0 aliphatic carbocycles. The number of carboxylic acid groups (broad SMARTS) is 1. The Balaban J connectivity index is -0.000000320. The Hall–Kier alpha value is -1.38. The Morgan fingerprint density at radius 2 is 1.65 bits per heavy atom. The van der Waals surface area contributed by atoms with E-state index < -0.39 is 24.5 Å². The van der Waals surface area contributed by atoms with Crippen molar-refractivity contribution in [2.45, 2.75) is 12.5 Å². The van der Waals surface area contributed by atoms with Gasteiger partial charge in [-0.05, 0) is 12.0 Å². The van der Waals surface area contributed by atoms with Crippen molar-refractivity contribution in [3.8, 4) is 0 Å². The van der Waals surface area contributed by atoms with Crippen LogP contribution < -0.4 is 11.1 Å². The zero-order valence-electron chi connectivity index (χ0n) is 10.9. The standard InChI is InChI=1S/C11H14N2O3.3H2O.Zn/c12-9(11(16)13-7-10(14)15)6-8-4-2-1-3-5-8;;;;/h1-5,9H,6-7,12H2,(H,13,16)(H,14,15);3*1H2;. The van der Waals surface area contributed by atoms with Crippen molar-refractivity contribution in [2.24, 2.45) is 5.73 Å². The van der Waals surface area contributed by atoms with Gasteiger partial charge < -0.3 is 32.6 Å². The Morgan fingerprint density at radius 3 is 2.10 bits per heavy atom. The van der Waals surface area contributed by atoms with Gasteiger partial charge in [-0.15, -0.1) is 0 Å². The molecule has 0 aliphatic heterocycles. The second-order valence-electron chi connectivity index (χ2n) is 3.41. The summed E-state index contributed by atoms with van der Waals surface area (Å²) in [6.45, 7) is -0.401. The number of carbonyl (C=O) groups excluding carboxylic acids is 1. The third-order valence-corrected chi connectivity index (χ3v) is 2.05. The van der Waals surface area contributed by atoms with E-state index in [0.717, 1.165) is 5.56 Å². The number of nitrogens with two attached hydrogens (primary N) is 1. The molecule has 0 aliphatic rings. The Kier molecular flexibility index (Phi) is 19.0. The van der Waals surface area contributed by atoms with Gasteiger partial charge in [0, 0.05) is 19.5 Å². The molecule has 0 saturated carbocycles. The summed E-state index contributed by atoms with van der Waals surface area (Å²) in [7, 11) is 0. The van der Waals surface area contributed by atoms with Crippen LogP contribution in [0.3, 0.4) is 0 Å². The zero-order valence-corrected chi connectivity index (χ0v) is 13.9. The Labute approximate surface area is 129 Å². The van der Waals surface area contributed by atoms with Gasteiger partial charge >= 0.3 is 5.97 Å². The minimum Gasteiger partial charge on any atom is -0.480 e. The molecular formula is C11H20N2O6Zn. The molecule has 0 saturated heterocycles. The third-order valence-electron chi connectivity index (χ3n) is 2.05. The van der Waals surface area contributed by atoms with Crippen LogP contribution >= 0.6 is 0 Å². The van der Waals surface area contributed by atoms with Crippen LogP contribution in [0.4, 0.5) is 0 Å². The number of carbonyl (C=O) groups is 2. The maximum absolute atomic E-state index is 11.4. The molecule has 1 aromatic carbocycles. The molecule has 1 rings (SSSR count). The number of amides is 1. The molecule has 9 heteroatoms. The van der Waals surface area contributed by atoms with Crippen LogP contribution in [-0.4, -0.2) is 46.0 Å². The van der Waals surface area contributed by atoms with E-state index >= 15 is 0 Å². The first-order valence-corrected chi connectivity index (χ1v) is 4.88. The van der Waals surface area contributed by atoms with Crippen molar-refractivity contribution in [3.63, 3.8) is 0 Å². The van der Waals surface area contributed by atoms with Crippen LogP contribution in [0.1, 0.15) is 5.56 Å². The molecule has 112 valence electrons. The summed E-state index contributed by atoms with van der Waals surface area (Å²) in [5, 5.41) is 10.6. The molecule has 1 amide bonds. The third kappa shape index (κ3) is 10.5. The SMILES string of the molecule is NC(Cc1ccccc1)C(=O)NCC(=O)O.O.O.O.[Zn]. The van der Waals surface area contributed by atoms with Gasteiger partial charge in [0.1, 0.15) is 6.54 Å². The average Bonchev–Trinajstić information content (AvgIpc) is 2.27. The van der Waals surface area contributed by atoms with Gasteiger partial charge in [-0.3, -0.25) is 9.59 Å². The van der Waals surface area contributed by atoms with Gasteiger partial charge in [-0.2, -0.15) is 0 Å². The number of carboxylic acids is 1. The normalized spacial score (nSPS) is 9.45. The van der Waals surface area contributed by atoms with Gasteiger partial charge in [0.15, 0.2) is 0 Å². The van der Waals surface area contributed by atoms with E-state index in [1.54, 1.807) is 0 Å². The van der Waals surface area contributed by atoms with Crippen LogP contribution in [0.25, 0.3) is 0 Å². The fraction of sp³-hybridized carbons (Fsp3) is 0.273. The summed E-state index contributed by atoms with van der Waals surface area (Å²) < 4.78 is 0. The maximum atomic E-state index is 11.4. The van der Waals surface area contributed by atoms with E-state index in [9.17, 15) is 9.59 Å². The molecule has 20 heavy (non-hydrogen) atoms. The van der Waals surface area contributed by atoms with Crippen molar-refractivity contribution in [3.05, 3.63) is 35.9 Å². The molecule has 1 atom stereocenters. The molecule has 0 spiro atoms. The van der Waals surface area contributed by atoms with Crippen molar-refractivity contribution in [1.82, 2.24) is 5.32 Å². The predicted octanol–water partition coefficient (Wildman–Crippen LogP) is -2.72. The Bertz CT molecular complexity index is 376. The topological polar surface area (TPSA) is 187 Å². The molecule has 0 heterocycles. The van der Waals surface area contributed by atoms with E-state index in [1.165, 1.54) is 0 Å². The van der Waals surface area contributed by atoms with Crippen LogP contribution in [0, 0.1) is 0 Å². The van der Waals surface area contributed by atoms with Gasteiger partial charge in [-0.25, -0.2) is 0 Å². The first-order chi connectivity index (χ1) is 7.59. The van der Waals surface area contributed by atoms with Crippen molar-refractivity contribution in [1.29, 1.82) is 0 Å². The second kappa shape index (κ2) is 14.0. The van der Waals surface area contributed by atoms with Crippen molar-refractivity contribution >= 4 is 11.9 Å². The van der Waals surface area contributed by atoms with Crippen LogP contribution in [0.15, 0.2) is 30.3 Å². The van der Waals surface area contributed by atoms with E-state index in [4.69, 9.17) is 10.8 Å². The van der Waals surface area contributed by atoms with Gasteiger partial charge in [0.05, 0.1) is 6.04 Å². The first kappa shape index (κ1) is 27.0. The largest absolute Gasteiger partial charge is 0.480 e. The molecule has 0 aromatic heterocycles. The average molecular weight is 342 g/mol. The molecule has 1 aromatic rings. The number of aliphatic carboxylic acids is 1. The molecule has 0 bridgehead atoms. The van der Waals surface area contributed by atoms with Crippen molar-refractivity contribution in [2.75, 3.05) is 6.54 Å². The summed E-state index contributed by atoms with van der Waals surface area (Å²) in [5.74, 6) is -1.54. The summed E-state index contributed by atoms with van der Waals surface area (Å²) in [5.41, 5.74) is 6.58. The summed E-state index contributed by atoms with van der Waals surface area (Å²) >= 11 is 0. The fourth-order valence-corrected chi connectivity index (χ4v) is 1.25. The zero-order chi connectivity index (χ0) is 12.0. The minimum atomic E-state index is -1.08. The van der Waals surface area contributed by atoms with E-state index in [-0.39, 0.29) is 35.9 Å². The first-order valence-electron chi connectivity index (χ1n) is 4.88. The van der Waals surface area contributed by atoms with Crippen LogP contribution in [-0.2, 0) is 35.5 Å². The number of rotatable bonds is 5. The molecule has 1 unspecified atom stereocenters. The van der Waals surface area contributed by atoms with E-state index in [0.29, 0.717) is 6.42 Å². The molecule has 0 radical (unpaired) electrons. The molecule has 8 nitrogen and oxygen atoms in total. The quantitative estimate of drug-likeness (QED) is 0.491. The number of hydrogen-bond donors (Lipinski definition) is 3. The van der Waals surface area contributed by atoms with Gasteiger partial charge in [-0.1, -0.05) is 30.3 Å². The molecule has 10 N–H and O–H groups in total. The maximum Gasteiger partial charge on any atom is 0.322 e. The second-order valence-corrected chi connectivity index (χ2v) is 3.41. The Morgan fingerprint density at radius 1 is 1.15 bits per heavy atom. The van der Waals surface area contributed by atoms with Crippen LogP contribution in [0.5, 0.6) is 0 Å². The summed E-state index contributed by atoms with van der Waals surface area (Å²) in [6.07, 6.45) is 0.395. The van der Waals surface area contributed by atoms with Gasteiger partial charge in [0.2, 0.25) is 5.91 Å².